The zero-order valence-electron chi connectivity index (χ0n) is 8.90. The minimum Gasteiger partial charge on any atom is -0.382 e. The van der Waals surface area contributed by atoms with E-state index in [9.17, 15) is 0 Å². The molecule has 2 heterocycles. The Morgan fingerprint density at radius 1 is 1.53 bits per heavy atom. The molecule has 1 saturated heterocycles. The van der Waals surface area contributed by atoms with Crippen molar-refractivity contribution in [1.29, 1.82) is 0 Å². The molecule has 4 nitrogen and oxygen atoms in total. The first kappa shape index (κ1) is 10.4. The second-order valence-corrected chi connectivity index (χ2v) is 3.64. The number of rotatable bonds is 3. The smallest absolute Gasteiger partial charge is 0.0981 e. The lowest BCUT2D eigenvalue weighted by Crippen LogP contribution is -2.34. The maximum absolute atomic E-state index is 5.54. The monoisotopic (exact) mass is 208 g/mol. The van der Waals surface area contributed by atoms with Crippen LogP contribution in [0.2, 0.25) is 0 Å². The number of anilines is 1. The first-order chi connectivity index (χ1) is 7.36. The second-order valence-electron chi connectivity index (χ2n) is 3.64. The zero-order valence-corrected chi connectivity index (χ0v) is 8.90. The quantitative estimate of drug-likeness (QED) is 0.811. The summed E-state index contributed by atoms with van der Waals surface area (Å²) in [5.74, 6) is 0. The van der Waals surface area contributed by atoms with Gasteiger partial charge in [0.15, 0.2) is 0 Å². The molecule has 1 N–H and O–H groups in total. The summed E-state index contributed by atoms with van der Waals surface area (Å²) in [6, 6.07) is 1.97. The molecule has 0 spiro atoms. The predicted molar refractivity (Wildman–Crippen MR) is 58.0 cm³/mol. The van der Waals surface area contributed by atoms with Gasteiger partial charge in [-0.1, -0.05) is 0 Å². The van der Waals surface area contributed by atoms with Gasteiger partial charge in [-0.25, -0.2) is 0 Å². The summed E-state index contributed by atoms with van der Waals surface area (Å²) >= 11 is 0. The van der Waals surface area contributed by atoms with Gasteiger partial charge in [0.1, 0.15) is 0 Å². The molecule has 0 radical (unpaired) electrons. The van der Waals surface area contributed by atoms with E-state index in [-0.39, 0.29) is 6.10 Å². The summed E-state index contributed by atoms with van der Waals surface area (Å²) in [5.41, 5.74) is 2.26. The number of hydrogen-bond acceptors (Lipinski definition) is 4. The molecule has 1 aliphatic heterocycles. The number of nitrogens with one attached hydrogen (secondary N) is 1. The highest BCUT2D eigenvalue weighted by Crippen LogP contribution is 2.12. The molecule has 1 unspecified atom stereocenters. The van der Waals surface area contributed by atoms with Gasteiger partial charge >= 0.3 is 0 Å². The molecule has 2 rings (SSSR count). The number of aryl methyl sites for hydroxylation is 1. The Morgan fingerprint density at radius 3 is 3.20 bits per heavy atom. The van der Waals surface area contributed by atoms with Crippen molar-refractivity contribution in [3.63, 3.8) is 0 Å². The molecule has 1 fully saturated rings. The summed E-state index contributed by atoms with van der Waals surface area (Å²) in [4.78, 5) is 4.04. The van der Waals surface area contributed by atoms with Crippen LogP contribution in [-0.2, 0) is 9.47 Å². The number of nitrogens with zero attached hydrogens (tertiary/aromatic N) is 1. The van der Waals surface area contributed by atoms with Gasteiger partial charge in [0.25, 0.3) is 0 Å². The summed E-state index contributed by atoms with van der Waals surface area (Å²) in [7, 11) is 0. The van der Waals surface area contributed by atoms with E-state index < -0.39 is 0 Å². The van der Waals surface area contributed by atoms with Gasteiger partial charge < -0.3 is 14.8 Å². The van der Waals surface area contributed by atoms with Crippen LogP contribution in [0.3, 0.4) is 0 Å². The lowest BCUT2D eigenvalue weighted by molar-refractivity contribution is -0.0818. The van der Waals surface area contributed by atoms with E-state index in [1.165, 1.54) is 0 Å². The van der Waals surface area contributed by atoms with Gasteiger partial charge in [-0.2, -0.15) is 0 Å². The van der Waals surface area contributed by atoms with Crippen molar-refractivity contribution in [3.05, 3.63) is 24.0 Å². The number of pyridine rings is 1. The van der Waals surface area contributed by atoms with Crippen molar-refractivity contribution >= 4 is 5.69 Å². The molecule has 0 aromatic carbocycles. The minimum atomic E-state index is 0.159. The molecular weight excluding hydrogens is 192 g/mol. The predicted octanol–water partition coefficient (Wildman–Crippen LogP) is 1.22. The molecule has 82 valence electrons. The van der Waals surface area contributed by atoms with E-state index in [0.717, 1.165) is 17.8 Å². The van der Waals surface area contributed by atoms with E-state index in [4.69, 9.17) is 9.47 Å². The van der Waals surface area contributed by atoms with Crippen molar-refractivity contribution in [1.82, 2.24) is 4.98 Å². The fourth-order valence-electron chi connectivity index (χ4n) is 1.55. The number of hydrogen-bond donors (Lipinski definition) is 1. The standard InChI is InChI=1S/C11H16N2O2/c1-9-6-12-3-2-11(9)13-7-10-8-14-4-5-15-10/h2-3,6,10H,4-5,7-8H2,1H3,(H,12,13). The van der Waals surface area contributed by atoms with Crippen LogP contribution in [-0.4, -0.2) is 37.5 Å². The van der Waals surface area contributed by atoms with Gasteiger partial charge in [0, 0.05) is 24.6 Å². The van der Waals surface area contributed by atoms with Crippen LogP contribution in [0.15, 0.2) is 18.5 Å². The van der Waals surface area contributed by atoms with Crippen LogP contribution >= 0.6 is 0 Å². The maximum Gasteiger partial charge on any atom is 0.0981 e. The van der Waals surface area contributed by atoms with E-state index in [1.807, 2.05) is 19.2 Å². The third-order valence-electron chi connectivity index (χ3n) is 2.43. The minimum absolute atomic E-state index is 0.159. The third kappa shape index (κ3) is 2.91. The van der Waals surface area contributed by atoms with Gasteiger partial charge in [0.05, 0.1) is 25.9 Å². The molecule has 0 amide bonds. The molecule has 1 aromatic heterocycles. The van der Waals surface area contributed by atoms with E-state index in [1.54, 1.807) is 6.20 Å². The molecule has 15 heavy (non-hydrogen) atoms. The normalized spacial score (nSPS) is 21.3. The van der Waals surface area contributed by atoms with Crippen molar-refractivity contribution < 1.29 is 9.47 Å². The van der Waals surface area contributed by atoms with E-state index in [0.29, 0.717) is 19.8 Å². The highest BCUT2D eigenvalue weighted by atomic mass is 16.6. The van der Waals surface area contributed by atoms with Crippen molar-refractivity contribution in [2.45, 2.75) is 13.0 Å². The number of ether oxygens (including phenoxy) is 2. The van der Waals surface area contributed by atoms with E-state index >= 15 is 0 Å². The fourth-order valence-corrected chi connectivity index (χ4v) is 1.55. The largest absolute Gasteiger partial charge is 0.382 e. The van der Waals surface area contributed by atoms with Gasteiger partial charge in [-0.3, -0.25) is 4.98 Å². The molecule has 1 aromatic rings. The van der Waals surface area contributed by atoms with Gasteiger partial charge in [-0.15, -0.1) is 0 Å². The molecule has 4 heteroatoms. The van der Waals surface area contributed by atoms with Crippen molar-refractivity contribution in [3.8, 4) is 0 Å². The number of aromatic nitrogens is 1. The van der Waals surface area contributed by atoms with Crippen LogP contribution in [0.25, 0.3) is 0 Å². The summed E-state index contributed by atoms with van der Waals surface area (Å²) < 4.78 is 10.9. The summed E-state index contributed by atoms with van der Waals surface area (Å²) in [5, 5.41) is 3.34. The molecule has 0 aliphatic carbocycles. The third-order valence-corrected chi connectivity index (χ3v) is 2.43. The lowest BCUT2D eigenvalue weighted by atomic mass is 10.2. The lowest BCUT2D eigenvalue weighted by Gasteiger charge is -2.23. The summed E-state index contributed by atoms with van der Waals surface area (Å²) in [6.07, 6.45) is 3.79. The molecule has 0 saturated carbocycles. The zero-order chi connectivity index (χ0) is 10.5. The Kier molecular flexibility index (Phi) is 3.53. The first-order valence-electron chi connectivity index (χ1n) is 5.20. The Balaban J connectivity index is 1.84. The molecule has 0 bridgehead atoms. The molecule has 1 atom stereocenters. The maximum atomic E-state index is 5.54. The average Bonchev–Trinajstić information content (AvgIpc) is 2.29. The highest BCUT2D eigenvalue weighted by Gasteiger charge is 2.13. The van der Waals surface area contributed by atoms with E-state index in [2.05, 4.69) is 10.3 Å². The topological polar surface area (TPSA) is 43.4 Å². The Morgan fingerprint density at radius 2 is 2.47 bits per heavy atom. The average molecular weight is 208 g/mol. The Bertz CT molecular complexity index is 311. The first-order valence-corrected chi connectivity index (χ1v) is 5.20. The fraction of sp³-hybridized carbons (Fsp3) is 0.545. The SMILES string of the molecule is Cc1cnccc1NCC1COCCO1. The van der Waals surface area contributed by atoms with Gasteiger partial charge in [-0.05, 0) is 18.6 Å². The Hall–Kier alpha value is -1.13. The van der Waals surface area contributed by atoms with Crippen LogP contribution in [0.4, 0.5) is 5.69 Å². The van der Waals surface area contributed by atoms with Crippen molar-refractivity contribution in [2.24, 2.45) is 0 Å². The Labute approximate surface area is 89.6 Å². The van der Waals surface area contributed by atoms with Crippen molar-refractivity contribution in [2.75, 3.05) is 31.7 Å². The molecule has 1 aliphatic rings. The van der Waals surface area contributed by atoms with Crippen LogP contribution < -0.4 is 5.32 Å². The molecular formula is C11H16N2O2. The van der Waals surface area contributed by atoms with Gasteiger partial charge in [0.2, 0.25) is 0 Å². The summed E-state index contributed by atoms with van der Waals surface area (Å²) in [6.45, 7) is 4.90. The van der Waals surface area contributed by atoms with Crippen LogP contribution in [0.5, 0.6) is 0 Å². The highest BCUT2D eigenvalue weighted by molar-refractivity contribution is 5.48. The van der Waals surface area contributed by atoms with Crippen LogP contribution in [0, 0.1) is 6.92 Å². The van der Waals surface area contributed by atoms with Crippen LogP contribution in [0.1, 0.15) is 5.56 Å². The second kappa shape index (κ2) is 5.09.